The number of nitrogens with one attached hydrogen (secondary N) is 1. The fourth-order valence-electron chi connectivity index (χ4n) is 1.03. The molecular weight excluding hydrogens is 243 g/mol. The quantitative estimate of drug-likeness (QED) is 0.828. The molecule has 0 radical (unpaired) electrons. The predicted molar refractivity (Wildman–Crippen MR) is 54.5 cm³/mol. The van der Waals surface area contributed by atoms with E-state index in [1.54, 1.807) is 0 Å². The van der Waals surface area contributed by atoms with Crippen LogP contribution in [0.3, 0.4) is 0 Å². The molecule has 0 unspecified atom stereocenters. The summed E-state index contributed by atoms with van der Waals surface area (Å²) in [6.45, 7) is -0.0686. The van der Waals surface area contributed by atoms with Gasteiger partial charge >= 0.3 is 0 Å². The van der Waals surface area contributed by atoms with E-state index in [1.165, 1.54) is 0 Å². The number of rotatable bonds is 4. The largest absolute Gasteiger partial charge is 0.382 e. The van der Waals surface area contributed by atoms with Crippen LogP contribution in [0.2, 0.25) is 0 Å². The van der Waals surface area contributed by atoms with E-state index in [0.29, 0.717) is 0 Å². The lowest BCUT2D eigenvalue weighted by Gasteiger charge is -2.07. The van der Waals surface area contributed by atoms with E-state index in [-0.39, 0.29) is 18.0 Å². The van der Waals surface area contributed by atoms with Crippen molar-refractivity contribution >= 4 is 15.5 Å². The molecule has 0 bridgehead atoms. The van der Waals surface area contributed by atoms with Crippen molar-refractivity contribution in [1.29, 1.82) is 0 Å². The van der Waals surface area contributed by atoms with E-state index in [0.717, 1.165) is 18.4 Å². The summed E-state index contributed by atoms with van der Waals surface area (Å²) in [6, 6.07) is 1.78. The van der Waals surface area contributed by atoms with Crippen LogP contribution in [-0.4, -0.2) is 27.0 Å². The van der Waals surface area contributed by atoms with Gasteiger partial charge in [-0.1, -0.05) is 0 Å². The van der Waals surface area contributed by atoms with Crippen molar-refractivity contribution < 1.29 is 21.6 Å². The van der Waals surface area contributed by atoms with E-state index < -0.39 is 27.3 Å². The first-order chi connectivity index (χ1) is 7.31. The van der Waals surface area contributed by atoms with Crippen LogP contribution in [0.1, 0.15) is 0 Å². The zero-order valence-corrected chi connectivity index (χ0v) is 9.24. The third-order valence-electron chi connectivity index (χ3n) is 1.82. The Labute approximate surface area is 91.2 Å². The highest BCUT2D eigenvalue weighted by Gasteiger charge is 2.13. The molecule has 0 aliphatic carbocycles. The molecule has 0 fully saturated rings. The average molecular weight is 253 g/mol. The molecule has 0 heterocycles. The minimum Gasteiger partial charge on any atom is -0.382 e. The van der Waals surface area contributed by atoms with Gasteiger partial charge in [0.2, 0.25) is 0 Å². The summed E-state index contributed by atoms with van der Waals surface area (Å²) < 4.78 is 59.9. The highest BCUT2D eigenvalue weighted by atomic mass is 32.2. The Morgan fingerprint density at radius 2 is 1.81 bits per heavy atom. The molecule has 1 aromatic carbocycles. The number of halogens is 3. The summed E-state index contributed by atoms with van der Waals surface area (Å²) >= 11 is 0. The second kappa shape index (κ2) is 4.73. The Kier molecular flexibility index (Phi) is 3.79. The number of benzene rings is 1. The summed E-state index contributed by atoms with van der Waals surface area (Å²) in [5.41, 5.74) is -0.262. The van der Waals surface area contributed by atoms with Crippen molar-refractivity contribution in [3.05, 3.63) is 29.6 Å². The molecule has 1 N–H and O–H groups in total. The lowest BCUT2D eigenvalue weighted by molar-refractivity contribution is 0.449. The summed E-state index contributed by atoms with van der Waals surface area (Å²) in [5.74, 6) is -4.44. The van der Waals surface area contributed by atoms with Gasteiger partial charge in [-0.3, -0.25) is 0 Å². The number of hydrogen-bond donors (Lipinski definition) is 1. The van der Waals surface area contributed by atoms with Gasteiger partial charge in [0.25, 0.3) is 0 Å². The predicted octanol–water partition coefficient (Wildman–Crippen LogP) is 1.56. The first-order valence-electron chi connectivity index (χ1n) is 4.36. The van der Waals surface area contributed by atoms with Crippen molar-refractivity contribution in [2.24, 2.45) is 0 Å². The molecule has 0 atom stereocenters. The molecule has 1 aromatic rings. The third kappa shape index (κ3) is 3.41. The van der Waals surface area contributed by atoms with Crippen LogP contribution in [0, 0.1) is 17.5 Å². The molecule has 0 saturated heterocycles. The lowest BCUT2D eigenvalue weighted by Crippen LogP contribution is -2.15. The fraction of sp³-hybridized carbons (Fsp3) is 0.333. The summed E-state index contributed by atoms with van der Waals surface area (Å²) in [6.07, 6.45) is 1.02. The minimum absolute atomic E-state index is 0.0686. The van der Waals surface area contributed by atoms with Crippen molar-refractivity contribution in [3.63, 3.8) is 0 Å². The molecule has 0 saturated carbocycles. The van der Waals surface area contributed by atoms with Gasteiger partial charge in [0, 0.05) is 12.8 Å². The number of sulfone groups is 1. The minimum atomic E-state index is -3.18. The summed E-state index contributed by atoms with van der Waals surface area (Å²) in [4.78, 5) is 0. The second-order valence-electron chi connectivity index (χ2n) is 3.28. The van der Waals surface area contributed by atoms with Gasteiger partial charge in [-0.25, -0.2) is 21.6 Å². The molecule has 0 amide bonds. The molecule has 7 heteroatoms. The maximum atomic E-state index is 13.1. The first-order valence-corrected chi connectivity index (χ1v) is 6.42. The molecule has 1 rings (SSSR count). The lowest BCUT2D eigenvalue weighted by atomic mass is 10.3. The number of hydrogen-bond acceptors (Lipinski definition) is 3. The van der Waals surface area contributed by atoms with Gasteiger partial charge in [-0.15, -0.1) is 0 Å². The molecule has 3 nitrogen and oxygen atoms in total. The van der Waals surface area contributed by atoms with Crippen molar-refractivity contribution in [2.45, 2.75) is 0 Å². The van der Waals surface area contributed by atoms with E-state index in [2.05, 4.69) is 5.32 Å². The van der Waals surface area contributed by atoms with Crippen molar-refractivity contribution in [3.8, 4) is 0 Å². The van der Waals surface area contributed by atoms with Gasteiger partial charge in [0.05, 0.1) is 11.4 Å². The number of anilines is 1. The Hall–Kier alpha value is -1.24. The molecule has 0 aromatic heterocycles. The van der Waals surface area contributed by atoms with Gasteiger partial charge in [0.1, 0.15) is 9.84 Å². The maximum absolute atomic E-state index is 13.1. The van der Waals surface area contributed by atoms with Gasteiger partial charge in [-0.05, 0) is 12.1 Å². The molecule has 0 aliphatic rings. The fourth-order valence-corrected chi connectivity index (χ4v) is 1.51. The van der Waals surface area contributed by atoms with E-state index in [4.69, 9.17) is 0 Å². The van der Waals surface area contributed by atoms with Crippen LogP contribution in [-0.2, 0) is 9.84 Å². The second-order valence-corrected chi connectivity index (χ2v) is 5.54. The van der Waals surface area contributed by atoms with E-state index in [1.807, 2.05) is 0 Å². The van der Waals surface area contributed by atoms with E-state index in [9.17, 15) is 21.6 Å². The standard InChI is InChI=1S/C9H10F3NO2S/c1-16(14,15)5-4-13-7-3-2-6(10)8(11)9(7)12/h2-3,13H,4-5H2,1H3. The SMILES string of the molecule is CS(=O)(=O)CCNc1ccc(F)c(F)c1F. The molecule has 0 aliphatic heterocycles. The van der Waals surface area contributed by atoms with Gasteiger partial charge < -0.3 is 5.32 Å². The highest BCUT2D eigenvalue weighted by Crippen LogP contribution is 2.19. The van der Waals surface area contributed by atoms with Crippen LogP contribution in [0.15, 0.2) is 12.1 Å². The molecule has 16 heavy (non-hydrogen) atoms. The van der Waals surface area contributed by atoms with Crippen LogP contribution in [0.4, 0.5) is 18.9 Å². The first kappa shape index (κ1) is 12.8. The smallest absolute Gasteiger partial charge is 0.196 e. The van der Waals surface area contributed by atoms with Crippen LogP contribution < -0.4 is 5.32 Å². The zero-order chi connectivity index (χ0) is 12.3. The molecule has 90 valence electrons. The van der Waals surface area contributed by atoms with Crippen molar-refractivity contribution in [1.82, 2.24) is 0 Å². The molecular formula is C9H10F3NO2S. The Balaban J connectivity index is 2.72. The third-order valence-corrected chi connectivity index (χ3v) is 2.77. The van der Waals surface area contributed by atoms with Gasteiger partial charge in [0.15, 0.2) is 17.5 Å². The van der Waals surface area contributed by atoms with Crippen LogP contribution in [0.5, 0.6) is 0 Å². The van der Waals surface area contributed by atoms with Crippen LogP contribution in [0.25, 0.3) is 0 Å². The Morgan fingerprint density at radius 3 is 2.38 bits per heavy atom. The normalized spacial score (nSPS) is 11.5. The topological polar surface area (TPSA) is 46.2 Å². The van der Waals surface area contributed by atoms with Crippen LogP contribution >= 0.6 is 0 Å². The van der Waals surface area contributed by atoms with Gasteiger partial charge in [-0.2, -0.15) is 0 Å². The Bertz CT molecular complexity index is 488. The summed E-state index contributed by atoms with van der Waals surface area (Å²) in [5, 5.41) is 2.38. The maximum Gasteiger partial charge on any atom is 0.196 e. The average Bonchev–Trinajstić information content (AvgIpc) is 2.16. The van der Waals surface area contributed by atoms with Crippen molar-refractivity contribution in [2.75, 3.05) is 23.9 Å². The highest BCUT2D eigenvalue weighted by molar-refractivity contribution is 7.90. The molecule has 0 spiro atoms. The summed E-state index contributed by atoms with van der Waals surface area (Å²) in [7, 11) is -3.18. The monoisotopic (exact) mass is 253 g/mol. The van der Waals surface area contributed by atoms with E-state index >= 15 is 0 Å². The zero-order valence-electron chi connectivity index (χ0n) is 8.43. The Morgan fingerprint density at radius 1 is 1.19 bits per heavy atom.